The lowest BCUT2D eigenvalue weighted by atomic mass is 10.1. The number of alkyl halides is 3. The molecule has 0 saturated heterocycles. The number of anilines is 2. The zero-order chi connectivity index (χ0) is 19.0. The molecule has 3 heterocycles. The van der Waals surface area contributed by atoms with Gasteiger partial charge in [0.15, 0.2) is 5.82 Å². The number of fused-ring (bicyclic) bond motifs is 2. The summed E-state index contributed by atoms with van der Waals surface area (Å²) in [6.45, 7) is 0.308. The van der Waals surface area contributed by atoms with Crippen molar-refractivity contribution in [2.24, 2.45) is 0 Å². The molecule has 0 aliphatic carbocycles. The van der Waals surface area contributed by atoms with Gasteiger partial charge in [-0.3, -0.25) is 4.90 Å². The van der Waals surface area contributed by atoms with E-state index >= 15 is 0 Å². The van der Waals surface area contributed by atoms with Gasteiger partial charge in [0.2, 0.25) is 5.82 Å². The number of benzene rings is 1. The Morgan fingerprint density at radius 1 is 1.11 bits per heavy atom. The van der Waals surface area contributed by atoms with Crippen LogP contribution in [0.5, 0.6) is 0 Å². The average molecular weight is 393 g/mol. The fourth-order valence-corrected chi connectivity index (χ4v) is 3.89. The Bertz CT molecular complexity index is 975. The van der Waals surface area contributed by atoms with Gasteiger partial charge in [-0.15, -0.1) is 0 Å². The van der Waals surface area contributed by atoms with Crippen molar-refractivity contribution in [1.29, 1.82) is 0 Å². The number of ether oxygens (including phenoxy) is 1. The Hall–Kier alpha value is -2.59. The van der Waals surface area contributed by atoms with Crippen LogP contribution in [0, 0.1) is 0 Å². The van der Waals surface area contributed by atoms with E-state index in [4.69, 9.17) is 4.74 Å². The van der Waals surface area contributed by atoms with Gasteiger partial charge in [-0.05, 0) is 17.7 Å². The molecule has 0 spiro atoms. The standard InChI is InChI=1S/C17H14F3N5OS/c1-26-10-25-12-8-11(9-24-7-6-23-16(24)17(18,19)20)2-3-13(12)27-15-14(25)21-4-5-22-15/h2-8H,9-10H2,1H3. The Morgan fingerprint density at radius 2 is 1.93 bits per heavy atom. The zero-order valence-electron chi connectivity index (χ0n) is 14.1. The highest BCUT2D eigenvalue weighted by Gasteiger charge is 2.36. The molecule has 10 heteroatoms. The van der Waals surface area contributed by atoms with E-state index in [1.807, 2.05) is 17.0 Å². The molecule has 1 aliphatic heterocycles. The minimum absolute atomic E-state index is 0.0565. The van der Waals surface area contributed by atoms with Crippen LogP contribution in [-0.2, 0) is 17.5 Å². The summed E-state index contributed by atoms with van der Waals surface area (Å²) in [6.07, 6.45) is 1.20. The fourth-order valence-electron chi connectivity index (χ4n) is 2.90. The predicted molar refractivity (Wildman–Crippen MR) is 92.9 cm³/mol. The maximum atomic E-state index is 13.1. The Kier molecular flexibility index (Phi) is 4.52. The van der Waals surface area contributed by atoms with E-state index in [0.29, 0.717) is 11.4 Å². The second-order valence-corrected chi connectivity index (χ2v) is 6.84. The van der Waals surface area contributed by atoms with Gasteiger partial charge in [0.1, 0.15) is 11.8 Å². The summed E-state index contributed by atoms with van der Waals surface area (Å²) >= 11 is 1.47. The molecule has 0 radical (unpaired) electrons. The monoisotopic (exact) mass is 393 g/mol. The third-order valence-corrected chi connectivity index (χ3v) is 5.05. The Morgan fingerprint density at radius 3 is 2.70 bits per heavy atom. The molecule has 0 N–H and O–H groups in total. The first-order valence-corrected chi connectivity index (χ1v) is 8.75. The summed E-state index contributed by atoms with van der Waals surface area (Å²) in [5, 5.41) is 0.753. The van der Waals surface area contributed by atoms with Crippen molar-refractivity contribution in [3.63, 3.8) is 0 Å². The number of imidazole rings is 1. The minimum atomic E-state index is -4.50. The van der Waals surface area contributed by atoms with Crippen molar-refractivity contribution in [3.8, 4) is 0 Å². The summed E-state index contributed by atoms with van der Waals surface area (Å²) in [5.74, 6) is -0.257. The molecular formula is C17H14F3N5OS. The van der Waals surface area contributed by atoms with Gasteiger partial charge in [0, 0.05) is 43.3 Å². The van der Waals surface area contributed by atoms with Crippen LogP contribution in [0.1, 0.15) is 11.4 Å². The SMILES string of the molecule is COCN1c2cc(Cn3ccnc3C(F)(F)F)ccc2Sc2nccnc21. The molecule has 0 atom stereocenters. The zero-order valence-corrected chi connectivity index (χ0v) is 15.0. The Balaban J connectivity index is 1.70. The van der Waals surface area contributed by atoms with Crippen molar-refractivity contribution in [3.05, 3.63) is 54.4 Å². The first-order chi connectivity index (χ1) is 13.0. The molecule has 0 bridgehead atoms. The molecule has 140 valence electrons. The van der Waals surface area contributed by atoms with Gasteiger partial charge >= 0.3 is 6.18 Å². The second-order valence-electron chi connectivity index (χ2n) is 5.81. The number of methoxy groups -OCH3 is 1. The topological polar surface area (TPSA) is 56.1 Å². The van der Waals surface area contributed by atoms with Crippen LogP contribution in [0.4, 0.5) is 24.7 Å². The number of aromatic nitrogens is 4. The molecule has 0 unspecified atom stereocenters. The van der Waals surface area contributed by atoms with E-state index in [9.17, 15) is 13.2 Å². The van der Waals surface area contributed by atoms with Crippen molar-refractivity contribution in [2.75, 3.05) is 18.7 Å². The van der Waals surface area contributed by atoms with E-state index in [0.717, 1.165) is 26.4 Å². The summed E-state index contributed by atoms with van der Waals surface area (Å²) in [7, 11) is 1.57. The number of nitrogens with zero attached hydrogens (tertiary/aromatic N) is 5. The van der Waals surface area contributed by atoms with E-state index in [2.05, 4.69) is 15.0 Å². The molecule has 0 saturated carbocycles. The number of rotatable bonds is 4. The number of halogens is 3. The van der Waals surface area contributed by atoms with E-state index < -0.39 is 12.0 Å². The molecule has 1 aromatic carbocycles. The lowest BCUT2D eigenvalue weighted by Gasteiger charge is -2.30. The predicted octanol–water partition coefficient (Wildman–Crippen LogP) is 3.95. The summed E-state index contributed by atoms with van der Waals surface area (Å²) in [6, 6.07) is 5.53. The average Bonchev–Trinajstić information content (AvgIpc) is 3.10. The molecule has 2 aromatic heterocycles. The lowest BCUT2D eigenvalue weighted by molar-refractivity contribution is -0.147. The normalized spacial score (nSPS) is 13.4. The van der Waals surface area contributed by atoms with Gasteiger partial charge in [-0.25, -0.2) is 15.0 Å². The van der Waals surface area contributed by atoms with Crippen LogP contribution < -0.4 is 4.90 Å². The van der Waals surface area contributed by atoms with Gasteiger partial charge in [-0.1, -0.05) is 17.8 Å². The van der Waals surface area contributed by atoms with Gasteiger partial charge in [-0.2, -0.15) is 13.2 Å². The van der Waals surface area contributed by atoms with Gasteiger partial charge in [0.05, 0.1) is 5.69 Å². The van der Waals surface area contributed by atoms with Crippen LogP contribution in [0.15, 0.2) is 52.9 Å². The van der Waals surface area contributed by atoms with Crippen molar-refractivity contribution < 1.29 is 17.9 Å². The van der Waals surface area contributed by atoms with Crippen LogP contribution >= 0.6 is 11.8 Å². The van der Waals surface area contributed by atoms with E-state index in [-0.39, 0.29) is 13.3 Å². The molecule has 6 nitrogen and oxygen atoms in total. The van der Waals surface area contributed by atoms with Crippen molar-refractivity contribution in [1.82, 2.24) is 19.5 Å². The lowest BCUT2D eigenvalue weighted by Crippen LogP contribution is -2.24. The van der Waals surface area contributed by atoms with Gasteiger partial charge in [0.25, 0.3) is 0 Å². The molecule has 4 rings (SSSR count). The maximum absolute atomic E-state index is 13.1. The third-order valence-electron chi connectivity index (χ3n) is 4.00. The molecule has 1 aliphatic rings. The van der Waals surface area contributed by atoms with Crippen LogP contribution in [0.2, 0.25) is 0 Å². The quantitative estimate of drug-likeness (QED) is 0.669. The first-order valence-electron chi connectivity index (χ1n) is 7.94. The number of hydrogen-bond donors (Lipinski definition) is 0. The summed E-state index contributed by atoms with van der Waals surface area (Å²) < 4.78 is 45.6. The molecular weight excluding hydrogens is 379 g/mol. The number of hydrogen-bond acceptors (Lipinski definition) is 6. The van der Waals surface area contributed by atoms with E-state index in [1.54, 1.807) is 25.6 Å². The molecule has 27 heavy (non-hydrogen) atoms. The third kappa shape index (κ3) is 3.37. The Labute approximate surface area is 157 Å². The van der Waals surface area contributed by atoms with Crippen LogP contribution in [-0.4, -0.2) is 33.4 Å². The summed E-state index contributed by atoms with van der Waals surface area (Å²) in [5.41, 5.74) is 1.53. The largest absolute Gasteiger partial charge is 0.449 e. The second kappa shape index (κ2) is 6.86. The highest BCUT2D eigenvalue weighted by atomic mass is 32.2. The smallest absolute Gasteiger partial charge is 0.364 e. The minimum Gasteiger partial charge on any atom is -0.364 e. The molecule has 0 amide bonds. The van der Waals surface area contributed by atoms with Gasteiger partial charge < -0.3 is 9.30 Å². The molecule has 3 aromatic rings. The highest BCUT2D eigenvalue weighted by molar-refractivity contribution is 7.99. The highest BCUT2D eigenvalue weighted by Crippen LogP contribution is 2.46. The fraction of sp³-hybridized carbons (Fsp3) is 0.235. The van der Waals surface area contributed by atoms with Crippen LogP contribution in [0.25, 0.3) is 0 Å². The van der Waals surface area contributed by atoms with Crippen molar-refractivity contribution >= 4 is 23.3 Å². The van der Waals surface area contributed by atoms with Crippen LogP contribution in [0.3, 0.4) is 0 Å². The molecule has 0 fully saturated rings. The van der Waals surface area contributed by atoms with Crippen molar-refractivity contribution in [2.45, 2.75) is 22.6 Å². The first kappa shape index (κ1) is 17.8. The maximum Gasteiger partial charge on any atom is 0.449 e. The summed E-state index contributed by atoms with van der Waals surface area (Å²) in [4.78, 5) is 14.9. The van der Waals surface area contributed by atoms with E-state index in [1.165, 1.54) is 18.0 Å².